The Hall–Kier alpha value is -6.88. The van der Waals surface area contributed by atoms with Crippen LogP contribution in [0.15, 0.2) is 158 Å². The second kappa shape index (κ2) is 10.9. The third kappa shape index (κ3) is 4.29. The molecule has 0 aliphatic rings. The molecule has 0 atom stereocenters. The van der Waals surface area contributed by atoms with Crippen LogP contribution in [0.1, 0.15) is 11.1 Å². The molecular formula is C44H26N4. The molecule has 0 aliphatic heterocycles. The van der Waals surface area contributed by atoms with Crippen molar-refractivity contribution in [1.29, 1.82) is 10.5 Å². The largest absolute Gasteiger partial charge is 0.309 e. The van der Waals surface area contributed by atoms with Crippen LogP contribution < -0.4 is 0 Å². The Kier molecular flexibility index (Phi) is 6.22. The number of nitrogens with zero attached hydrogens (tertiary/aromatic N) is 4. The van der Waals surface area contributed by atoms with Crippen molar-refractivity contribution < 1.29 is 0 Å². The number of benzene rings is 7. The van der Waals surface area contributed by atoms with Gasteiger partial charge in [-0.1, -0.05) is 78.9 Å². The first-order valence-corrected chi connectivity index (χ1v) is 15.9. The summed E-state index contributed by atoms with van der Waals surface area (Å²) >= 11 is 0. The Morgan fingerprint density at radius 3 is 1.38 bits per heavy atom. The summed E-state index contributed by atoms with van der Waals surface area (Å²) in [7, 11) is 0. The molecule has 222 valence electrons. The summed E-state index contributed by atoms with van der Waals surface area (Å²) in [6.07, 6.45) is 0. The van der Waals surface area contributed by atoms with Crippen LogP contribution in [0, 0.1) is 22.7 Å². The number of para-hydroxylation sites is 3. The van der Waals surface area contributed by atoms with Gasteiger partial charge in [-0.25, -0.2) is 0 Å². The van der Waals surface area contributed by atoms with Gasteiger partial charge in [0, 0.05) is 32.9 Å². The minimum absolute atomic E-state index is 0.610. The minimum Gasteiger partial charge on any atom is -0.309 e. The highest BCUT2D eigenvalue weighted by atomic mass is 15.0. The lowest BCUT2D eigenvalue weighted by atomic mass is 9.96. The second-order valence-electron chi connectivity index (χ2n) is 12.1. The summed E-state index contributed by atoms with van der Waals surface area (Å²) in [4.78, 5) is 0. The fourth-order valence-electron chi connectivity index (χ4n) is 7.17. The number of fused-ring (bicyclic) bond motifs is 6. The van der Waals surface area contributed by atoms with Gasteiger partial charge >= 0.3 is 0 Å². The molecule has 9 rings (SSSR count). The van der Waals surface area contributed by atoms with E-state index in [0.717, 1.165) is 50.2 Å². The van der Waals surface area contributed by atoms with Crippen LogP contribution >= 0.6 is 0 Å². The van der Waals surface area contributed by atoms with Gasteiger partial charge in [-0.3, -0.25) is 0 Å². The lowest BCUT2D eigenvalue weighted by Crippen LogP contribution is -1.97. The van der Waals surface area contributed by atoms with Gasteiger partial charge in [0.25, 0.3) is 0 Å². The predicted molar refractivity (Wildman–Crippen MR) is 195 cm³/mol. The molecule has 0 amide bonds. The highest BCUT2D eigenvalue weighted by Crippen LogP contribution is 2.41. The van der Waals surface area contributed by atoms with Gasteiger partial charge in [0.1, 0.15) is 0 Å². The lowest BCUT2D eigenvalue weighted by molar-refractivity contribution is 1.16. The Morgan fingerprint density at radius 2 is 0.833 bits per heavy atom. The molecule has 0 radical (unpaired) electrons. The summed E-state index contributed by atoms with van der Waals surface area (Å²) in [5.74, 6) is 0. The van der Waals surface area contributed by atoms with Crippen molar-refractivity contribution in [3.63, 3.8) is 0 Å². The summed E-state index contributed by atoms with van der Waals surface area (Å²) < 4.78 is 4.71. The van der Waals surface area contributed by atoms with E-state index in [1.54, 1.807) is 0 Å². The topological polar surface area (TPSA) is 57.4 Å². The van der Waals surface area contributed by atoms with E-state index in [4.69, 9.17) is 0 Å². The van der Waals surface area contributed by atoms with Crippen molar-refractivity contribution in [3.8, 4) is 45.8 Å². The maximum absolute atomic E-state index is 9.70. The standard InChI is InChI=1S/C44H26N4/c45-27-29-10-8-12-31(20-29)33-22-34(32-13-9-11-30(21-32)28-46)24-36(23-33)48-42-19-7-5-17-38(42)40-25-39-37-16-4-6-18-41(37)47(43(39)26-44(40)48)35-14-2-1-3-15-35/h1-26H. The van der Waals surface area contributed by atoms with Crippen molar-refractivity contribution >= 4 is 43.6 Å². The summed E-state index contributed by atoms with van der Waals surface area (Å²) in [6, 6.07) is 59.0. The van der Waals surface area contributed by atoms with Gasteiger partial charge < -0.3 is 9.13 Å². The first-order valence-electron chi connectivity index (χ1n) is 15.9. The van der Waals surface area contributed by atoms with Crippen LogP contribution in [-0.2, 0) is 0 Å². The summed E-state index contributed by atoms with van der Waals surface area (Å²) in [5.41, 5.74) is 11.8. The first-order chi connectivity index (χ1) is 23.7. The molecule has 0 saturated carbocycles. The molecule has 48 heavy (non-hydrogen) atoms. The van der Waals surface area contributed by atoms with Crippen molar-refractivity contribution in [2.45, 2.75) is 0 Å². The van der Waals surface area contributed by atoms with Gasteiger partial charge in [-0.05, 0) is 101 Å². The lowest BCUT2D eigenvalue weighted by Gasteiger charge is -2.15. The molecule has 0 aliphatic carbocycles. The SMILES string of the molecule is N#Cc1cccc(-c2cc(-c3cccc(C#N)c3)cc(-n3c4ccccc4c4cc5c6ccccc6n(-c6ccccc6)c5cc43)c2)c1. The monoisotopic (exact) mass is 610 g/mol. The predicted octanol–water partition coefficient (Wildman–Crippen LogP) is 11.0. The van der Waals surface area contributed by atoms with E-state index in [9.17, 15) is 10.5 Å². The van der Waals surface area contributed by atoms with Crippen LogP contribution in [0.3, 0.4) is 0 Å². The highest BCUT2D eigenvalue weighted by Gasteiger charge is 2.19. The average molecular weight is 611 g/mol. The van der Waals surface area contributed by atoms with Gasteiger partial charge in [0.2, 0.25) is 0 Å². The third-order valence-electron chi connectivity index (χ3n) is 9.31. The maximum atomic E-state index is 9.70. The molecule has 2 heterocycles. The van der Waals surface area contributed by atoms with Gasteiger partial charge in [0.15, 0.2) is 0 Å². The average Bonchev–Trinajstić information content (AvgIpc) is 3.66. The zero-order valence-corrected chi connectivity index (χ0v) is 25.8. The van der Waals surface area contributed by atoms with Gasteiger partial charge in [0.05, 0.1) is 45.3 Å². The Bertz CT molecular complexity index is 2730. The van der Waals surface area contributed by atoms with Crippen molar-refractivity contribution in [2.24, 2.45) is 0 Å². The maximum Gasteiger partial charge on any atom is 0.0991 e. The molecule has 9 aromatic rings. The summed E-state index contributed by atoms with van der Waals surface area (Å²) in [5, 5.41) is 24.2. The van der Waals surface area contributed by atoms with Crippen LogP contribution in [0.5, 0.6) is 0 Å². The zero-order chi connectivity index (χ0) is 32.2. The first kappa shape index (κ1) is 27.4. The number of hydrogen-bond acceptors (Lipinski definition) is 2. The smallest absolute Gasteiger partial charge is 0.0991 e. The van der Waals surface area contributed by atoms with Crippen LogP contribution in [-0.4, -0.2) is 9.13 Å². The molecule has 0 unspecified atom stereocenters. The van der Waals surface area contributed by atoms with Crippen LogP contribution in [0.2, 0.25) is 0 Å². The minimum atomic E-state index is 0.610. The highest BCUT2D eigenvalue weighted by molar-refractivity contribution is 6.19. The Balaban J connectivity index is 1.40. The molecule has 7 aromatic carbocycles. The molecule has 2 aromatic heterocycles. The van der Waals surface area contributed by atoms with E-state index in [2.05, 4.69) is 130 Å². The molecule has 0 saturated heterocycles. The molecule has 0 N–H and O–H groups in total. The zero-order valence-electron chi connectivity index (χ0n) is 25.8. The van der Waals surface area contributed by atoms with Crippen molar-refractivity contribution in [3.05, 3.63) is 169 Å². The summed E-state index contributed by atoms with van der Waals surface area (Å²) in [6.45, 7) is 0. The van der Waals surface area contributed by atoms with Gasteiger partial charge in [-0.2, -0.15) is 10.5 Å². The quantitative estimate of drug-likeness (QED) is 0.199. The van der Waals surface area contributed by atoms with E-state index < -0.39 is 0 Å². The number of nitriles is 2. The fourth-order valence-corrected chi connectivity index (χ4v) is 7.17. The van der Waals surface area contributed by atoms with E-state index in [1.807, 2.05) is 48.5 Å². The second-order valence-corrected chi connectivity index (χ2v) is 12.1. The van der Waals surface area contributed by atoms with Gasteiger partial charge in [-0.15, -0.1) is 0 Å². The molecule has 4 heteroatoms. The Morgan fingerprint density at radius 1 is 0.333 bits per heavy atom. The Labute approximate surface area is 277 Å². The molecule has 0 spiro atoms. The fraction of sp³-hybridized carbons (Fsp3) is 0. The number of aromatic nitrogens is 2. The number of hydrogen-bond donors (Lipinski definition) is 0. The van der Waals surface area contributed by atoms with E-state index >= 15 is 0 Å². The van der Waals surface area contributed by atoms with Crippen LogP contribution in [0.25, 0.3) is 77.2 Å². The normalized spacial score (nSPS) is 11.3. The third-order valence-corrected chi connectivity index (χ3v) is 9.31. The van der Waals surface area contributed by atoms with E-state index in [1.165, 1.54) is 27.1 Å². The van der Waals surface area contributed by atoms with E-state index in [0.29, 0.717) is 11.1 Å². The van der Waals surface area contributed by atoms with Crippen LogP contribution in [0.4, 0.5) is 0 Å². The molecular weight excluding hydrogens is 585 g/mol. The molecule has 4 nitrogen and oxygen atoms in total. The van der Waals surface area contributed by atoms with Crippen molar-refractivity contribution in [1.82, 2.24) is 9.13 Å². The van der Waals surface area contributed by atoms with E-state index in [-0.39, 0.29) is 0 Å². The molecule has 0 fully saturated rings. The molecule has 0 bridgehead atoms. The number of rotatable bonds is 4. The van der Waals surface area contributed by atoms with Crippen molar-refractivity contribution in [2.75, 3.05) is 0 Å².